The average Bonchev–Trinajstić information content (AvgIpc) is 2.20. The maximum absolute atomic E-state index is 11.0. The maximum atomic E-state index is 11.0. The van der Waals surface area contributed by atoms with Gasteiger partial charge >= 0.3 is 5.97 Å². The zero-order valence-electron chi connectivity index (χ0n) is 9.40. The minimum Gasteiger partial charge on any atom is -0.480 e. The first-order valence-electron chi connectivity index (χ1n) is 5.22. The van der Waals surface area contributed by atoms with Gasteiger partial charge in [0.2, 0.25) is 0 Å². The van der Waals surface area contributed by atoms with E-state index in [1.54, 1.807) is 6.07 Å². The molecule has 1 unspecified atom stereocenters. The number of aliphatic carboxylic acids is 1. The summed E-state index contributed by atoms with van der Waals surface area (Å²) in [4.78, 5) is 11.0. The molecule has 1 atom stereocenters. The van der Waals surface area contributed by atoms with Crippen LogP contribution in [0.3, 0.4) is 0 Å². The number of rotatable bonds is 5. The third-order valence-corrected chi connectivity index (χ3v) is 2.77. The molecule has 0 bridgehead atoms. The number of carbonyl (C=O) groups is 1. The Morgan fingerprint density at radius 1 is 1.44 bits per heavy atom. The molecule has 1 aromatic rings. The molecule has 0 fully saturated rings. The fourth-order valence-electron chi connectivity index (χ4n) is 1.47. The summed E-state index contributed by atoms with van der Waals surface area (Å²) in [5.41, 5.74) is 0.913. The van der Waals surface area contributed by atoms with Crippen molar-refractivity contribution in [3.8, 4) is 0 Å². The van der Waals surface area contributed by atoms with Gasteiger partial charge in [0.1, 0.15) is 6.04 Å². The van der Waals surface area contributed by atoms with E-state index >= 15 is 0 Å². The maximum Gasteiger partial charge on any atom is 0.320 e. The Kier molecular flexibility index (Phi) is 4.77. The SMILES string of the molecule is CC(C)C(NCc1ccccc1Cl)C(=O)O. The van der Waals surface area contributed by atoms with Gasteiger partial charge < -0.3 is 10.4 Å². The van der Waals surface area contributed by atoms with Crippen LogP contribution in [-0.2, 0) is 11.3 Å². The van der Waals surface area contributed by atoms with E-state index in [4.69, 9.17) is 16.7 Å². The number of hydrogen-bond acceptors (Lipinski definition) is 2. The molecule has 16 heavy (non-hydrogen) atoms. The molecule has 0 saturated carbocycles. The van der Waals surface area contributed by atoms with E-state index in [0.29, 0.717) is 11.6 Å². The van der Waals surface area contributed by atoms with Crippen LogP contribution in [0.5, 0.6) is 0 Å². The van der Waals surface area contributed by atoms with E-state index < -0.39 is 12.0 Å². The van der Waals surface area contributed by atoms with Gasteiger partial charge in [0, 0.05) is 11.6 Å². The normalized spacial score (nSPS) is 12.8. The Hall–Kier alpha value is -1.06. The van der Waals surface area contributed by atoms with Crippen molar-refractivity contribution in [3.05, 3.63) is 34.9 Å². The number of benzene rings is 1. The van der Waals surface area contributed by atoms with Gasteiger partial charge in [-0.25, -0.2) is 0 Å². The minimum absolute atomic E-state index is 0.0417. The van der Waals surface area contributed by atoms with Crippen molar-refractivity contribution < 1.29 is 9.90 Å². The fourth-order valence-corrected chi connectivity index (χ4v) is 1.67. The molecular formula is C12H16ClNO2. The second-order valence-corrected chi connectivity index (χ2v) is 4.44. The molecular weight excluding hydrogens is 226 g/mol. The summed E-state index contributed by atoms with van der Waals surface area (Å²) in [5, 5.41) is 12.6. The summed E-state index contributed by atoms with van der Waals surface area (Å²) in [7, 11) is 0. The predicted octanol–water partition coefficient (Wildman–Crippen LogP) is 2.54. The van der Waals surface area contributed by atoms with Crippen LogP contribution < -0.4 is 5.32 Å². The monoisotopic (exact) mass is 241 g/mol. The fraction of sp³-hybridized carbons (Fsp3) is 0.417. The molecule has 1 aromatic carbocycles. The zero-order valence-corrected chi connectivity index (χ0v) is 10.2. The molecule has 0 aliphatic rings. The highest BCUT2D eigenvalue weighted by atomic mass is 35.5. The summed E-state index contributed by atoms with van der Waals surface area (Å²) in [6, 6.07) is 6.87. The van der Waals surface area contributed by atoms with Gasteiger partial charge in [-0.1, -0.05) is 43.6 Å². The Balaban J connectivity index is 2.63. The molecule has 0 aromatic heterocycles. The molecule has 0 saturated heterocycles. The van der Waals surface area contributed by atoms with Crippen molar-refractivity contribution in [2.45, 2.75) is 26.4 Å². The van der Waals surface area contributed by atoms with Crippen molar-refractivity contribution in [3.63, 3.8) is 0 Å². The lowest BCUT2D eigenvalue weighted by atomic mass is 10.0. The Bertz CT molecular complexity index is 366. The molecule has 0 heterocycles. The van der Waals surface area contributed by atoms with Crippen molar-refractivity contribution in [2.24, 2.45) is 5.92 Å². The summed E-state index contributed by atoms with van der Waals surface area (Å²) >= 11 is 5.98. The van der Waals surface area contributed by atoms with E-state index in [1.165, 1.54) is 0 Å². The van der Waals surface area contributed by atoms with Gasteiger partial charge in [0.05, 0.1) is 0 Å². The number of carboxylic acid groups (broad SMARTS) is 1. The molecule has 2 N–H and O–H groups in total. The van der Waals surface area contributed by atoms with Crippen molar-refractivity contribution in [1.29, 1.82) is 0 Å². The second-order valence-electron chi connectivity index (χ2n) is 4.03. The number of nitrogens with one attached hydrogen (secondary N) is 1. The highest BCUT2D eigenvalue weighted by Crippen LogP contribution is 2.15. The zero-order chi connectivity index (χ0) is 12.1. The minimum atomic E-state index is -0.831. The predicted molar refractivity (Wildman–Crippen MR) is 64.6 cm³/mol. The molecule has 0 amide bonds. The molecule has 88 valence electrons. The molecule has 3 nitrogen and oxygen atoms in total. The van der Waals surface area contributed by atoms with Gasteiger partial charge in [0.15, 0.2) is 0 Å². The standard InChI is InChI=1S/C12H16ClNO2/c1-8(2)11(12(15)16)14-7-9-5-3-4-6-10(9)13/h3-6,8,11,14H,7H2,1-2H3,(H,15,16). The lowest BCUT2D eigenvalue weighted by Crippen LogP contribution is -2.40. The van der Waals surface area contributed by atoms with Gasteiger partial charge in [-0.3, -0.25) is 4.79 Å². The van der Waals surface area contributed by atoms with E-state index in [1.807, 2.05) is 32.0 Å². The lowest BCUT2D eigenvalue weighted by Gasteiger charge is -2.18. The van der Waals surface area contributed by atoms with Crippen molar-refractivity contribution >= 4 is 17.6 Å². The summed E-state index contributed by atoms with van der Waals surface area (Å²) in [6.45, 7) is 4.21. The van der Waals surface area contributed by atoms with Crippen LogP contribution in [0.15, 0.2) is 24.3 Å². The Morgan fingerprint density at radius 2 is 2.06 bits per heavy atom. The van der Waals surface area contributed by atoms with Crippen LogP contribution in [0, 0.1) is 5.92 Å². The van der Waals surface area contributed by atoms with Gasteiger partial charge in [-0.15, -0.1) is 0 Å². The van der Waals surface area contributed by atoms with Crippen LogP contribution in [0.4, 0.5) is 0 Å². The van der Waals surface area contributed by atoms with Gasteiger partial charge in [-0.2, -0.15) is 0 Å². The third-order valence-electron chi connectivity index (χ3n) is 2.40. The number of hydrogen-bond donors (Lipinski definition) is 2. The summed E-state index contributed by atoms with van der Waals surface area (Å²) in [5.74, 6) is -0.790. The Labute approximate surface area is 100 Å². The average molecular weight is 242 g/mol. The topological polar surface area (TPSA) is 49.3 Å². The molecule has 0 spiro atoms. The Morgan fingerprint density at radius 3 is 2.56 bits per heavy atom. The highest BCUT2D eigenvalue weighted by molar-refractivity contribution is 6.31. The van der Waals surface area contributed by atoms with E-state index in [-0.39, 0.29) is 5.92 Å². The van der Waals surface area contributed by atoms with Crippen LogP contribution in [0.25, 0.3) is 0 Å². The summed E-state index contributed by atoms with van der Waals surface area (Å²) < 4.78 is 0. The number of carboxylic acids is 1. The van der Waals surface area contributed by atoms with Gasteiger partial charge in [0.25, 0.3) is 0 Å². The van der Waals surface area contributed by atoms with Crippen molar-refractivity contribution in [1.82, 2.24) is 5.32 Å². The molecule has 0 aliphatic carbocycles. The van der Waals surface area contributed by atoms with E-state index in [0.717, 1.165) is 5.56 Å². The second kappa shape index (κ2) is 5.87. The van der Waals surface area contributed by atoms with Gasteiger partial charge in [-0.05, 0) is 17.5 Å². The highest BCUT2D eigenvalue weighted by Gasteiger charge is 2.20. The van der Waals surface area contributed by atoms with E-state index in [9.17, 15) is 4.79 Å². The largest absolute Gasteiger partial charge is 0.480 e. The lowest BCUT2D eigenvalue weighted by molar-refractivity contribution is -0.140. The van der Waals surface area contributed by atoms with Crippen LogP contribution in [-0.4, -0.2) is 17.1 Å². The van der Waals surface area contributed by atoms with Crippen LogP contribution >= 0.6 is 11.6 Å². The first-order valence-corrected chi connectivity index (χ1v) is 5.59. The third kappa shape index (κ3) is 3.51. The van der Waals surface area contributed by atoms with Crippen LogP contribution in [0.2, 0.25) is 5.02 Å². The first-order chi connectivity index (χ1) is 7.52. The molecule has 1 rings (SSSR count). The molecule has 0 aliphatic heterocycles. The van der Waals surface area contributed by atoms with Crippen LogP contribution in [0.1, 0.15) is 19.4 Å². The smallest absolute Gasteiger partial charge is 0.320 e. The number of halogens is 1. The summed E-state index contributed by atoms with van der Waals surface area (Å²) in [6.07, 6.45) is 0. The van der Waals surface area contributed by atoms with Crippen molar-refractivity contribution in [2.75, 3.05) is 0 Å². The van der Waals surface area contributed by atoms with E-state index in [2.05, 4.69) is 5.32 Å². The molecule has 0 radical (unpaired) electrons. The quantitative estimate of drug-likeness (QED) is 0.833. The molecule has 4 heteroatoms. The first kappa shape index (κ1) is 13.0.